The van der Waals surface area contributed by atoms with E-state index in [1.807, 2.05) is 6.08 Å². The minimum absolute atomic E-state index is 0.647. The van der Waals surface area contributed by atoms with E-state index in [2.05, 4.69) is 11.0 Å². The second kappa shape index (κ2) is 6.50. The van der Waals surface area contributed by atoms with Crippen molar-refractivity contribution in [3.05, 3.63) is 12.2 Å². The van der Waals surface area contributed by atoms with E-state index in [9.17, 15) is 0 Å². The molecule has 0 atom stereocenters. The van der Waals surface area contributed by atoms with E-state index in [0.717, 1.165) is 6.54 Å². The number of halogens is 1. The fourth-order valence-corrected chi connectivity index (χ4v) is 1.73. The van der Waals surface area contributed by atoms with Crippen LogP contribution in [0.15, 0.2) is 12.2 Å². The average Bonchev–Trinajstić information content (AvgIpc) is 2.33. The summed E-state index contributed by atoms with van der Waals surface area (Å²) >= 11 is 5.55. The highest BCUT2D eigenvalue weighted by atomic mass is 35.5. The van der Waals surface area contributed by atoms with E-state index < -0.39 is 0 Å². The maximum absolute atomic E-state index is 5.55. The first-order valence-corrected chi connectivity index (χ1v) is 5.40. The van der Waals surface area contributed by atoms with Crippen LogP contribution < -0.4 is 0 Å². The van der Waals surface area contributed by atoms with Crippen LogP contribution in [0.3, 0.4) is 0 Å². The summed E-state index contributed by atoms with van der Waals surface area (Å²) in [5.74, 6) is 0.647. The van der Waals surface area contributed by atoms with E-state index in [0.29, 0.717) is 5.88 Å². The second-order valence-corrected chi connectivity index (χ2v) is 3.65. The first-order valence-electron chi connectivity index (χ1n) is 4.87. The smallest absolute Gasteiger partial charge is 0.0404 e. The van der Waals surface area contributed by atoms with E-state index in [1.54, 1.807) is 0 Å². The molecule has 1 rings (SSSR count). The van der Waals surface area contributed by atoms with Crippen LogP contribution in [-0.4, -0.2) is 30.4 Å². The Morgan fingerprint density at radius 3 is 2.25 bits per heavy atom. The van der Waals surface area contributed by atoms with Crippen molar-refractivity contribution in [3.8, 4) is 0 Å². The largest absolute Gasteiger partial charge is 0.300 e. The van der Waals surface area contributed by atoms with Crippen molar-refractivity contribution in [2.75, 3.05) is 25.5 Å². The molecule has 0 N–H and O–H groups in total. The van der Waals surface area contributed by atoms with Gasteiger partial charge < -0.3 is 0 Å². The standard InChI is InChI=1S/C10H18ClN/c11-7-3-6-10-12-8-4-1-2-5-9-12/h3,6H,1-2,4-5,7-10H2/b6-3+. The third-order valence-electron chi connectivity index (χ3n) is 2.32. The summed E-state index contributed by atoms with van der Waals surface area (Å²) in [5, 5.41) is 0. The monoisotopic (exact) mass is 187 g/mol. The molecule has 70 valence electrons. The summed E-state index contributed by atoms with van der Waals surface area (Å²) < 4.78 is 0. The van der Waals surface area contributed by atoms with E-state index in [1.165, 1.54) is 38.8 Å². The van der Waals surface area contributed by atoms with Gasteiger partial charge in [0.25, 0.3) is 0 Å². The molecular formula is C10H18ClN. The SMILES string of the molecule is ClC/C=C/CN1CCCCCC1. The van der Waals surface area contributed by atoms with Gasteiger partial charge in [-0.1, -0.05) is 25.0 Å². The minimum atomic E-state index is 0.647. The van der Waals surface area contributed by atoms with Crippen LogP contribution in [0, 0.1) is 0 Å². The average molecular weight is 188 g/mol. The van der Waals surface area contributed by atoms with Gasteiger partial charge in [0.1, 0.15) is 0 Å². The number of allylic oxidation sites excluding steroid dienone is 1. The lowest BCUT2D eigenvalue weighted by Crippen LogP contribution is -2.24. The lowest BCUT2D eigenvalue weighted by molar-refractivity contribution is 0.316. The zero-order valence-corrected chi connectivity index (χ0v) is 8.39. The van der Waals surface area contributed by atoms with Crippen LogP contribution in [0.5, 0.6) is 0 Å². The summed E-state index contributed by atoms with van der Waals surface area (Å²) in [6, 6.07) is 0. The van der Waals surface area contributed by atoms with Gasteiger partial charge in [0, 0.05) is 12.4 Å². The minimum Gasteiger partial charge on any atom is -0.300 e. The zero-order valence-electron chi connectivity index (χ0n) is 7.64. The Morgan fingerprint density at radius 2 is 1.67 bits per heavy atom. The Morgan fingerprint density at radius 1 is 1.00 bits per heavy atom. The quantitative estimate of drug-likeness (QED) is 0.485. The molecule has 0 aromatic rings. The molecule has 0 radical (unpaired) electrons. The van der Waals surface area contributed by atoms with Gasteiger partial charge in [-0.3, -0.25) is 4.90 Å². The highest BCUT2D eigenvalue weighted by Gasteiger charge is 2.05. The predicted octanol–water partition coefficient (Wildman–Crippen LogP) is 2.66. The van der Waals surface area contributed by atoms with E-state index in [4.69, 9.17) is 11.6 Å². The molecule has 0 aromatic heterocycles. The number of hydrogen-bond donors (Lipinski definition) is 0. The molecule has 2 heteroatoms. The van der Waals surface area contributed by atoms with Crippen molar-refractivity contribution in [2.24, 2.45) is 0 Å². The Labute approximate surface area is 80.4 Å². The first-order chi connectivity index (χ1) is 5.93. The fourth-order valence-electron chi connectivity index (χ4n) is 1.61. The molecular weight excluding hydrogens is 170 g/mol. The highest BCUT2D eigenvalue weighted by molar-refractivity contribution is 6.18. The molecule has 1 fully saturated rings. The maximum Gasteiger partial charge on any atom is 0.0404 e. The van der Waals surface area contributed by atoms with Gasteiger partial charge in [-0.2, -0.15) is 0 Å². The molecule has 1 aliphatic heterocycles. The summed E-state index contributed by atoms with van der Waals surface area (Å²) in [5.41, 5.74) is 0. The van der Waals surface area contributed by atoms with Gasteiger partial charge in [-0.05, 0) is 25.9 Å². The number of hydrogen-bond acceptors (Lipinski definition) is 1. The Hall–Kier alpha value is -0.0100. The van der Waals surface area contributed by atoms with Crippen molar-refractivity contribution in [2.45, 2.75) is 25.7 Å². The zero-order chi connectivity index (χ0) is 8.65. The van der Waals surface area contributed by atoms with Crippen molar-refractivity contribution in [1.29, 1.82) is 0 Å². The Bertz CT molecular complexity index is 126. The first kappa shape index (κ1) is 10.1. The van der Waals surface area contributed by atoms with Crippen molar-refractivity contribution in [3.63, 3.8) is 0 Å². The van der Waals surface area contributed by atoms with Crippen molar-refractivity contribution < 1.29 is 0 Å². The third kappa shape index (κ3) is 4.13. The van der Waals surface area contributed by atoms with Crippen LogP contribution in [0.2, 0.25) is 0 Å². The number of likely N-dealkylation sites (tertiary alicyclic amines) is 1. The van der Waals surface area contributed by atoms with E-state index in [-0.39, 0.29) is 0 Å². The Kier molecular flexibility index (Phi) is 5.46. The molecule has 12 heavy (non-hydrogen) atoms. The van der Waals surface area contributed by atoms with Gasteiger partial charge in [0.05, 0.1) is 0 Å². The van der Waals surface area contributed by atoms with Gasteiger partial charge in [0.2, 0.25) is 0 Å². The normalized spacial score (nSPS) is 21.4. The molecule has 0 spiro atoms. The molecule has 0 aromatic carbocycles. The van der Waals surface area contributed by atoms with Gasteiger partial charge >= 0.3 is 0 Å². The number of nitrogens with zero attached hydrogens (tertiary/aromatic N) is 1. The van der Waals surface area contributed by atoms with Gasteiger partial charge in [-0.15, -0.1) is 11.6 Å². The van der Waals surface area contributed by atoms with Crippen molar-refractivity contribution in [1.82, 2.24) is 4.90 Å². The number of alkyl halides is 1. The summed E-state index contributed by atoms with van der Waals surface area (Å²) in [4.78, 5) is 2.51. The lowest BCUT2D eigenvalue weighted by atomic mass is 10.2. The van der Waals surface area contributed by atoms with Crippen LogP contribution in [0.4, 0.5) is 0 Å². The third-order valence-corrected chi connectivity index (χ3v) is 2.50. The molecule has 1 saturated heterocycles. The summed E-state index contributed by atoms with van der Waals surface area (Å²) in [6.45, 7) is 3.63. The van der Waals surface area contributed by atoms with E-state index >= 15 is 0 Å². The number of rotatable bonds is 3. The van der Waals surface area contributed by atoms with Crippen molar-refractivity contribution >= 4 is 11.6 Å². The predicted molar refractivity (Wildman–Crippen MR) is 54.8 cm³/mol. The molecule has 0 aliphatic carbocycles. The van der Waals surface area contributed by atoms with Gasteiger partial charge in [0.15, 0.2) is 0 Å². The Balaban J connectivity index is 2.16. The van der Waals surface area contributed by atoms with Gasteiger partial charge in [-0.25, -0.2) is 0 Å². The van der Waals surface area contributed by atoms with Crippen LogP contribution in [0.25, 0.3) is 0 Å². The molecule has 0 unspecified atom stereocenters. The van der Waals surface area contributed by atoms with Crippen LogP contribution in [-0.2, 0) is 0 Å². The highest BCUT2D eigenvalue weighted by Crippen LogP contribution is 2.08. The second-order valence-electron chi connectivity index (χ2n) is 3.34. The van der Waals surface area contributed by atoms with Crippen LogP contribution in [0.1, 0.15) is 25.7 Å². The van der Waals surface area contributed by atoms with Crippen LogP contribution >= 0.6 is 11.6 Å². The fraction of sp³-hybridized carbons (Fsp3) is 0.800. The topological polar surface area (TPSA) is 3.24 Å². The molecule has 0 amide bonds. The summed E-state index contributed by atoms with van der Waals surface area (Å²) in [7, 11) is 0. The summed E-state index contributed by atoms with van der Waals surface area (Å²) in [6.07, 6.45) is 9.78. The molecule has 0 bridgehead atoms. The molecule has 0 saturated carbocycles. The lowest BCUT2D eigenvalue weighted by Gasteiger charge is -2.16. The molecule has 1 heterocycles. The molecule has 1 aliphatic rings. The maximum atomic E-state index is 5.55. The molecule has 1 nitrogen and oxygen atoms in total.